The highest BCUT2D eigenvalue weighted by molar-refractivity contribution is 5.96. The largest absolute Gasteiger partial charge is 0.399 e. The van der Waals surface area contributed by atoms with Gasteiger partial charge in [0.2, 0.25) is 17.8 Å². The van der Waals surface area contributed by atoms with Crippen LogP contribution in [0.3, 0.4) is 0 Å². The Hall–Kier alpha value is -4.30. The standard InChI is InChI=1S/C22H20F4N10O/c23-12-8-13(18(37)29-16-10-27-5-6-28-16)36(11-12)20-31-17-2-1-7-35(17)19(32-20)30-15-9-14(33-34-15)21(3-4-21)22(24,25)26/h1-2,5-7,9-10,12-13H,3-4,8,11H2,(H,28,29,37)(H2,30,31,32,33,34)/t12-,13+/m1/s1. The molecule has 2 fully saturated rings. The van der Waals surface area contributed by atoms with Gasteiger partial charge in [0.15, 0.2) is 11.6 Å². The molecule has 37 heavy (non-hydrogen) atoms. The maximum Gasteiger partial charge on any atom is 0.399 e. The van der Waals surface area contributed by atoms with Gasteiger partial charge in [0, 0.05) is 31.1 Å². The number of H-pyrrole nitrogens is 1. The van der Waals surface area contributed by atoms with Crippen LogP contribution >= 0.6 is 0 Å². The summed E-state index contributed by atoms with van der Waals surface area (Å²) in [6, 6.07) is 3.79. The fourth-order valence-corrected chi connectivity index (χ4v) is 4.54. The molecule has 2 atom stereocenters. The predicted molar refractivity (Wildman–Crippen MR) is 123 cm³/mol. The SMILES string of the molecule is O=C(Nc1cnccn1)[C@@H]1C[C@@H](F)CN1c1nc(Nc2cc(C3(C(F)(F)F)CC3)[nH]n2)n2cccc2n1. The van der Waals surface area contributed by atoms with Crippen LogP contribution in [0.2, 0.25) is 0 Å². The van der Waals surface area contributed by atoms with Crippen molar-refractivity contribution in [2.24, 2.45) is 0 Å². The first-order valence-corrected chi connectivity index (χ1v) is 11.5. The summed E-state index contributed by atoms with van der Waals surface area (Å²) < 4.78 is 56.6. The Bertz CT molecular complexity index is 1450. The molecule has 0 unspecified atom stereocenters. The lowest BCUT2D eigenvalue weighted by Gasteiger charge is -2.24. The Morgan fingerprint density at radius 2 is 2.03 bits per heavy atom. The monoisotopic (exact) mass is 516 g/mol. The number of aromatic nitrogens is 7. The van der Waals surface area contributed by atoms with Crippen LogP contribution in [0.15, 0.2) is 43.0 Å². The average Bonchev–Trinajstić information content (AvgIpc) is 3.18. The zero-order valence-corrected chi connectivity index (χ0v) is 19.1. The van der Waals surface area contributed by atoms with Crippen molar-refractivity contribution in [1.82, 2.24) is 34.5 Å². The first-order chi connectivity index (χ1) is 17.7. The number of hydrogen-bond donors (Lipinski definition) is 3. The highest BCUT2D eigenvalue weighted by Gasteiger charge is 2.65. The van der Waals surface area contributed by atoms with E-state index in [4.69, 9.17) is 0 Å². The minimum Gasteiger partial charge on any atom is -0.326 e. The van der Waals surface area contributed by atoms with E-state index in [1.807, 2.05) is 0 Å². The van der Waals surface area contributed by atoms with Gasteiger partial charge >= 0.3 is 6.18 Å². The number of carbonyl (C=O) groups is 1. The summed E-state index contributed by atoms with van der Waals surface area (Å²) in [4.78, 5) is 31.2. The van der Waals surface area contributed by atoms with Gasteiger partial charge in [0.1, 0.15) is 23.3 Å². The Morgan fingerprint density at radius 1 is 1.19 bits per heavy atom. The van der Waals surface area contributed by atoms with Crippen molar-refractivity contribution in [2.75, 3.05) is 22.1 Å². The van der Waals surface area contributed by atoms with E-state index in [1.54, 1.807) is 22.7 Å². The summed E-state index contributed by atoms with van der Waals surface area (Å²) in [6.45, 7) is -0.116. The Labute approximate surface area is 206 Å². The molecular formula is C22H20F4N10O. The van der Waals surface area contributed by atoms with Crippen LogP contribution in [-0.2, 0) is 10.2 Å². The topological polar surface area (TPSA) is 129 Å². The second-order valence-corrected chi connectivity index (χ2v) is 9.04. The van der Waals surface area contributed by atoms with Crippen molar-refractivity contribution in [3.8, 4) is 0 Å². The van der Waals surface area contributed by atoms with Gasteiger partial charge in [-0.05, 0) is 25.0 Å². The summed E-state index contributed by atoms with van der Waals surface area (Å²) >= 11 is 0. The molecule has 1 aliphatic carbocycles. The van der Waals surface area contributed by atoms with Crippen molar-refractivity contribution in [1.29, 1.82) is 0 Å². The number of anilines is 4. The molecule has 6 rings (SSSR count). The number of aromatic amines is 1. The summed E-state index contributed by atoms with van der Waals surface area (Å²) in [5.74, 6) is 0.134. The molecular weight excluding hydrogens is 496 g/mol. The fraction of sp³-hybridized carbons (Fsp3) is 0.364. The summed E-state index contributed by atoms with van der Waals surface area (Å²) in [7, 11) is 0. The van der Waals surface area contributed by atoms with E-state index in [-0.39, 0.29) is 55.0 Å². The zero-order valence-electron chi connectivity index (χ0n) is 19.1. The first kappa shape index (κ1) is 23.1. The molecule has 4 aromatic rings. The lowest BCUT2D eigenvalue weighted by Crippen LogP contribution is -2.41. The number of nitrogens with one attached hydrogen (secondary N) is 3. The van der Waals surface area contributed by atoms with E-state index in [2.05, 4.69) is 40.8 Å². The van der Waals surface area contributed by atoms with Gasteiger partial charge in [-0.3, -0.25) is 19.3 Å². The van der Waals surface area contributed by atoms with Gasteiger partial charge in [0.25, 0.3) is 0 Å². The number of amides is 1. The molecule has 11 nitrogen and oxygen atoms in total. The average molecular weight is 516 g/mol. The number of halogens is 4. The van der Waals surface area contributed by atoms with E-state index < -0.39 is 29.7 Å². The van der Waals surface area contributed by atoms with Gasteiger partial charge in [-0.2, -0.15) is 28.2 Å². The van der Waals surface area contributed by atoms with Gasteiger partial charge in [-0.1, -0.05) is 0 Å². The van der Waals surface area contributed by atoms with Crippen molar-refractivity contribution in [3.63, 3.8) is 0 Å². The van der Waals surface area contributed by atoms with Crippen LogP contribution in [0.1, 0.15) is 25.0 Å². The molecule has 0 aromatic carbocycles. The van der Waals surface area contributed by atoms with Crippen molar-refractivity contribution >= 4 is 35.1 Å². The Morgan fingerprint density at radius 3 is 2.76 bits per heavy atom. The minimum atomic E-state index is -4.38. The number of nitrogens with zero attached hydrogens (tertiary/aromatic N) is 7. The summed E-state index contributed by atoms with van der Waals surface area (Å²) in [5, 5.41) is 12.0. The van der Waals surface area contributed by atoms with Crippen LogP contribution in [-0.4, -0.2) is 65.4 Å². The Kier molecular flexibility index (Phi) is 5.24. The normalized spacial score (nSPS) is 20.8. The zero-order chi connectivity index (χ0) is 25.8. The number of alkyl halides is 4. The third-order valence-corrected chi connectivity index (χ3v) is 6.63. The summed E-state index contributed by atoms with van der Waals surface area (Å²) in [5.41, 5.74) is -1.50. The molecule has 2 aliphatic rings. The highest BCUT2D eigenvalue weighted by Crippen LogP contribution is 2.58. The van der Waals surface area contributed by atoms with Gasteiger partial charge in [-0.15, -0.1) is 0 Å². The quantitative estimate of drug-likeness (QED) is 0.334. The molecule has 192 valence electrons. The van der Waals surface area contributed by atoms with E-state index in [0.717, 1.165) is 0 Å². The molecule has 0 bridgehead atoms. The molecule has 1 saturated heterocycles. The number of hydrogen-bond acceptors (Lipinski definition) is 8. The molecule has 0 radical (unpaired) electrons. The maximum absolute atomic E-state index is 14.5. The first-order valence-electron chi connectivity index (χ1n) is 11.5. The molecule has 0 spiro atoms. The molecule has 3 N–H and O–H groups in total. The molecule has 1 saturated carbocycles. The van der Waals surface area contributed by atoms with Gasteiger partial charge in [-0.25, -0.2) is 9.37 Å². The number of carbonyl (C=O) groups excluding carboxylic acids is 1. The van der Waals surface area contributed by atoms with Crippen molar-refractivity contribution in [3.05, 3.63) is 48.7 Å². The van der Waals surface area contributed by atoms with E-state index in [1.165, 1.54) is 29.6 Å². The molecule has 4 aromatic heterocycles. The second-order valence-electron chi connectivity index (χ2n) is 9.04. The third kappa shape index (κ3) is 4.09. The Balaban J connectivity index is 1.29. The fourth-order valence-electron chi connectivity index (χ4n) is 4.54. The lowest BCUT2D eigenvalue weighted by molar-refractivity contribution is -0.161. The van der Waals surface area contributed by atoms with Crippen LogP contribution in [0.4, 0.5) is 41.1 Å². The smallest absolute Gasteiger partial charge is 0.326 e. The van der Waals surface area contributed by atoms with Crippen LogP contribution < -0.4 is 15.5 Å². The third-order valence-electron chi connectivity index (χ3n) is 6.63. The van der Waals surface area contributed by atoms with Crippen molar-refractivity contribution < 1.29 is 22.4 Å². The minimum absolute atomic E-state index is 0.00495. The number of fused-ring (bicyclic) bond motifs is 1. The second kappa shape index (κ2) is 8.38. The lowest BCUT2D eigenvalue weighted by atomic mass is 10.0. The van der Waals surface area contributed by atoms with Crippen LogP contribution in [0.25, 0.3) is 5.65 Å². The van der Waals surface area contributed by atoms with Crippen molar-refractivity contribution in [2.45, 2.75) is 43.1 Å². The predicted octanol–water partition coefficient (Wildman–Crippen LogP) is 3.14. The maximum atomic E-state index is 14.5. The summed E-state index contributed by atoms with van der Waals surface area (Å²) in [6.07, 6.45) is 0.141. The highest BCUT2D eigenvalue weighted by atomic mass is 19.4. The van der Waals surface area contributed by atoms with E-state index >= 15 is 0 Å². The van der Waals surface area contributed by atoms with E-state index in [9.17, 15) is 22.4 Å². The molecule has 15 heteroatoms. The molecule has 1 amide bonds. The van der Waals surface area contributed by atoms with Crippen LogP contribution in [0, 0.1) is 0 Å². The van der Waals surface area contributed by atoms with Crippen LogP contribution in [0.5, 0.6) is 0 Å². The molecule has 5 heterocycles. The molecule has 1 aliphatic heterocycles. The number of rotatable bonds is 6. The van der Waals surface area contributed by atoms with Gasteiger partial charge < -0.3 is 15.5 Å². The van der Waals surface area contributed by atoms with Gasteiger partial charge in [0.05, 0.1) is 18.4 Å². The van der Waals surface area contributed by atoms with E-state index in [0.29, 0.717) is 5.65 Å².